The van der Waals surface area contributed by atoms with E-state index in [1.807, 2.05) is 86.5 Å². The topological polar surface area (TPSA) is 106 Å². The van der Waals surface area contributed by atoms with Crippen LogP contribution in [0.15, 0.2) is 97.1 Å². The number of benzene rings is 4. The molecule has 2 amide bonds. The molecule has 6 aromatic rings. The highest BCUT2D eigenvalue weighted by molar-refractivity contribution is 5.95. The first kappa shape index (κ1) is 44.8. The second kappa shape index (κ2) is 20.5. The minimum absolute atomic E-state index is 0. The number of hydrogen-bond acceptors (Lipinski definition) is 4. The Bertz CT molecular complexity index is 2080. The van der Waals surface area contributed by atoms with Crippen molar-refractivity contribution in [2.45, 2.75) is 64.5 Å². The van der Waals surface area contributed by atoms with Crippen LogP contribution in [-0.2, 0) is 38.8 Å². The molecule has 0 unspecified atom stereocenters. The van der Waals surface area contributed by atoms with E-state index in [4.69, 9.17) is 0 Å². The summed E-state index contributed by atoms with van der Waals surface area (Å²) in [6.07, 6.45) is 9.07. The number of aryl methyl sites for hydroxylation is 2. The SMILES string of the molecule is CN(C)c1ccc(C(=O)NCCc2c3n(c4ccccc24)CCCC3)cc1.CN(C)c1ccc(C(=O)NCCc2c3n(c4ccccc24)CCCC3)cc1.Cl.Cl.O. The molecule has 0 radical (unpaired) electrons. The molecule has 0 bridgehead atoms. The van der Waals surface area contributed by atoms with Crippen molar-refractivity contribution in [3.63, 3.8) is 0 Å². The molecule has 304 valence electrons. The van der Waals surface area contributed by atoms with Crippen molar-refractivity contribution in [3.8, 4) is 0 Å². The zero-order valence-electron chi connectivity index (χ0n) is 33.6. The van der Waals surface area contributed by atoms with E-state index in [-0.39, 0.29) is 42.1 Å². The number of anilines is 2. The summed E-state index contributed by atoms with van der Waals surface area (Å²) in [5.41, 5.74) is 12.0. The van der Waals surface area contributed by atoms with Crippen LogP contribution in [0.25, 0.3) is 21.8 Å². The Morgan fingerprint density at radius 1 is 0.544 bits per heavy atom. The van der Waals surface area contributed by atoms with Gasteiger partial charge in [-0.15, -0.1) is 24.8 Å². The lowest BCUT2D eigenvalue weighted by Gasteiger charge is -2.17. The molecule has 9 nitrogen and oxygen atoms in total. The molecule has 0 saturated carbocycles. The molecule has 8 rings (SSSR count). The Balaban J connectivity index is 0.000000240. The van der Waals surface area contributed by atoms with Gasteiger partial charge in [-0.1, -0.05) is 36.4 Å². The average Bonchev–Trinajstić information content (AvgIpc) is 3.70. The van der Waals surface area contributed by atoms with E-state index in [1.165, 1.54) is 70.0 Å². The van der Waals surface area contributed by atoms with Crippen LogP contribution in [-0.4, -0.2) is 67.7 Å². The first-order valence-corrected chi connectivity index (χ1v) is 19.6. The number of aromatic nitrogens is 2. The maximum absolute atomic E-state index is 12.5. The van der Waals surface area contributed by atoms with Gasteiger partial charge in [0.2, 0.25) is 0 Å². The van der Waals surface area contributed by atoms with Crippen molar-refractivity contribution in [1.29, 1.82) is 0 Å². The normalized spacial score (nSPS) is 12.7. The van der Waals surface area contributed by atoms with E-state index in [1.54, 1.807) is 0 Å². The van der Waals surface area contributed by atoms with Crippen LogP contribution in [0, 0.1) is 0 Å². The van der Waals surface area contributed by atoms with Crippen LogP contribution in [0.4, 0.5) is 11.4 Å². The molecule has 4 N–H and O–H groups in total. The number of nitrogens with zero attached hydrogens (tertiary/aromatic N) is 4. The van der Waals surface area contributed by atoms with Gasteiger partial charge in [0.1, 0.15) is 0 Å². The number of nitrogens with one attached hydrogen (secondary N) is 2. The van der Waals surface area contributed by atoms with E-state index < -0.39 is 0 Å². The van der Waals surface area contributed by atoms with E-state index in [9.17, 15) is 9.59 Å². The highest BCUT2D eigenvalue weighted by Gasteiger charge is 2.21. The summed E-state index contributed by atoms with van der Waals surface area (Å²) in [5.74, 6) is -0.00428. The Kier molecular flexibility index (Phi) is 16.1. The molecule has 2 aliphatic heterocycles. The number of hydrogen-bond donors (Lipinski definition) is 2. The zero-order chi connectivity index (χ0) is 37.6. The van der Waals surface area contributed by atoms with Crippen LogP contribution < -0.4 is 20.4 Å². The zero-order valence-corrected chi connectivity index (χ0v) is 35.3. The summed E-state index contributed by atoms with van der Waals surface area (Å²) in [7, 11) is 7.99. The summed E-state index contributed by atoms with van der Waals surface area (Å²) in [5, 5.41) is 8.88. The Hall–Kier alpha value is -4.96. The minimum atomic E-state index is -0.00214. The molecule has 0 atom stereocenters. The highest BCUT2D eigenvalue weighted by atomic mass is 35.5. The summed E-state index contributed by atoms with van der Waals surface area (Å²) in [6.45, 7) is 3.55. The van der Waals surface area contributed by atoms with Crippen molar-refractivity contribution in [2.24, 2.45) is 0 Å². The molecule has 4 heterocycles. The monoisotopic (exact) mass is 812 g/mol. The van der Waals surface area contributed by atoms with Crippen molar-refractivity contribution in [3.05, 3.63) is 131 Å². The fraction of sp³-hybridized carbons (Fsp3) is 0.348. The van der Waals surface area contributed by atoms with Crippen LogP contribution >= 0.6 is 24.8 Å². The van der Waals surface area contributed by atoms with Gasteiger partial charge in [0.25, 0.3) is 11.8 Å². The number of fused-ring (bicyclic) bond motifs is 6. The second-order valence-corrected chi connectivity index (χ2v) is 15.0. The lowest BCUT2D eigenvalue weighted by Crippen LogP contribution is -2.26. The van der Waals surface area contributed by atoms with Gasteiger partial charge in [0.15, 0.2) is 0 Å². The van der Waals surface area contributed by atoms with Crippen LogP contribution in [0.2, 0.25) is 0 Å². The van der Waals surface area contributed by atoms with Crippen molar-refractivity contribution >= 4 is 69.8 Å². The molecule has 2 aliphatic rings. The minimum Gasteiger partial charge on any atom is -0.412 e. The third kappa shape index (κ3) is 9.96. The lowest BCUT2D eigenvalue weighted by atomic mass is 10.0. The fourth-order valence-corrected chi connectivity index (χ4v) is 8.25. The third-order valence-corrected chi connectivity index (χ3v) is 11.1. The molecule has 11 heteroatoms. The number of carbonyl (C=O) groups excluding carboxylic acids is 2. The summed E-state index contributed by atoms with van der Waals surface area (Å²) in [6, 6.07) is 32.8. The van der Waals surface area contributed by atoms with E-state index in [2.05, 4.69) is 68.3 Å². The maximum atomic E-state index is 12.5. The van der Waals surface area contributed by atoms with E-state index in [0.29, 0.717) is 24.2 Å². The Labute approximate surface area is 349 Å². The average molecular weight is 814 g/mol. The quantitative estimate of drug-likeness (QED) is 0.146. The predicted octanol–water partition coefficient (Wildman–Crippen LogP) is 8.05. The number of para-hydroxylation sites is 2. The molecular formula is C46H58Cl2N6O3. The van der Waals surface area contributed by atoms with Gasteiger partial charge in [-0.2, -0.15) is 0 Å². The van der Waals surface area contributed by atoms with E-state index in [0.717, 1.165) is 50.1 Å². The molecule has 4 aromatic carbocycles. The van der Waals surface area contributed by atoms with Gasteiger partial charge >= 0.3 is 0 Å². The molecular weight excluding hydrogens is 755 g/mol. The number of carbonyl (C=O) groups is 2. The summed E-state index contributed by atoms with van der Waals surface area (Å²) < 4.78 is 4.96. The fourth-order valence-electron chi connectivity index (χ4n) is 8.25. The molecule has 0 saturated heterocycles. The highest BCUT2D eigenvalue weighted by Crippen LogP contribution is 2.32. The van der Waals surface area contributed by atoms with Crippen LogP contribution in [0.1, 0.15) is 68.9 Å². The van der Waals surface area contributed by atoms with E-state index >= 15 is 0 Å². The van der Waals surface area contributed by atoms with Crippen LogP contribution in [0.3, 0.4) is 0 Å². The standard InChI is InChI=1S/2C23H27N3O.2ClH.H2O/c2*1-25(2)18-12-10-17(11-13-18)23(27)24-15-14-20-19-7-3-4-8-21(19)26-16-6-5-9-22(20)26;;;/h2*3-4,7-8,10-13H,5-6,9,14-16H2,1-2H3,(H,24,27);2*1H;1H2. The number of rotatable bonds is 10. The first-order chi connectivity index (χ1) is 26.3. The second-order valence-electron chi connectivity index (χ2n) is 15.0. The largest absolute Gasteiger partial charge is 0.412 e. The van der Waals surface area contributed by atoms with Gasteiger partial charge in [0, 0.05) is 110 Å². The Morgan fingerprint density at radius 2 is 0.912 bits per heavy atom. The van der Waals surface area contributed by atoms with Gasteiger partial charge < -0.3 is 35.0 Å². The summed E-state index contributed by atoms with van der Waals surface area (Å²) >= 11 is 0. The van der Waals surface area contributed by atoms with Crippen LogP contribution in [0.5, 0.6) is 0 Å². The molecule has 0 aliphatic carbocycles. The van der Waals surface area contributed by atoms with Crippen molar-refractivity contribution in [2.75, 3.05) is 51.1 Å². The number of amides is 2. The van der Waals surface area contributed by atoms with Gasteiger partial charge in [-0.25, -0.2) is 0 Å². The molecule has 0 spiro atoms. The molecule has 0 fully saturated rings. The smallest absolute Gasteiger partial charge is 0.251 e. The number of halogens is 2. The van der Waals surface area contributed by atoms with Gasteiger partial charge in [-0.3, -0.25) is 9.59 Å². The van der Waals surface area contributed by atoms with Gasteiger partial charge in [-0.05, 0) is 123 Å². The molecule has 2 aromatic heterocycles. The first-order valence-electron chi connectivity index (χ1n) is 19.6. The van der Waals surface area contributed by atoms with Crippen molar-refractivity contribution < 1.29 is 15.1 Å². The van der Waals surface area contributed by atoms with Gasteiger partial charge in [0.05, 0.1) is 0 Å². The maximum Gasteiger partial charge on any atom is 0.251 e. The third-order valence-electron chi connectivity index (χ3n) is 11.1. The lowest BCUT2D eigenvalue weighted by molar-refractivity contribution is 0.0946. The Morgan fingerprint density at radius 3 is 1.28 bits per heavy atom. The summed E-state index contributed by atoms with van der Waals surface area (Å²) in [4.78, 5) is 29.0. The predicted molar refractivity (Wildman–Crippen MR) is 241 cm³/mol. The molecule has 57 heavy (non-hydrogen) atoms. The van der Waals surface area contributed by atoms with Crippen molar-refractivity contribution in [1.82, 2.24) is 19.8 Å².